The molecule has 0 radical (unpaired) electrons. The molecule has 0 aromatic heterocycles. The molecular formula is C14H17FN2O. The van der Waals surface area contributed by atoms with Gasteiger partial charge in [-0.1, -0.05) is 6.07 Å². The molecule has 1 unspecified atom stereocenters. The van der Waals surface area contributed by atoms with Crippen LogP contribution in [0.5, 0.6) is 5.75 Å². The van der Waals surface area contributed by atoms with Crippen LogP contribution in [0.1, 0.15) is 18.4 Å². The van der Waals surface area contributed by atoms with E-state index in [0.29, 0.717) is 17.2 Å². The van der Waals surface area contributed by atoms with Crippen LogP contribution in [0.4, 0.5) is 4.39 Å². The van der Waals surface area contributed by atoms with E-state index in [4.69, 9.17) is 4.74 Å². The zero-order chi connectivity index (χ0) is 13.2. The van der Waals surface area contributed by atoms with Crippen molar-refractivity contribution in [2.24, 2.45) is 5.92 Å². The van der Waals surface area contributed by atoms with Crippen molar-refractivity contribution in [2.45, 2.75) is 25.3 Å². The van der Waals surface area contributed by atoms with E-state index in [9.17, 15) is 9.65 Å². The third-order valence-corrected chi connectivity index (χ3v) is 3.53. The van der Waals surface area contributed by atoms with Gasteiger partial charge in [-0.2, -0.15) is 5.26 Å². The number of halogens is 1. The Labute approximate surface area is 107 Å². The summed E-state index contributed by atoms with van der Waals surface area (Å²) in [6.45, 7) is 1.95. The fourth-order valence-electron chi connectivity index (χ4n) is 2.01. The fraction of sp³-hybridized carbons (Fsp3) is 0.500. The molecule has 0 aliphatic heterocycles. The Kier molecular flexibility index (Phi) is 3.53. The van der Waals surface area contributed by atoms with E-state index in [1.54, 1.807) is 26.1 Å². The predicted molar refractivity (Wildman–Crippen MR) is 66.8 cm³/mol. The van der Waals surface area contributed by atoms with Crippen LogP contribution >= 0.6 is 0 Å². The van der Waals surface area contributed by atoms with Gasteiger partial charge in [-0.05, 0) is 44.4 Å². The standard InChI is InChI=1S/C14H17FN2O/c1-10-3-6-12(7-13(10)15)18-9-14(8-16,17-2)11-4-5-11/h3,6-7,11,17H,4-5,9H2,1-2H3. The first-order valence-electron chi connectivity index (χ1n) is 6.10. The number of benzene rings is 1. The van der Waals surface area contributed by atoms with Gasteiger partial charge in [-0.15, -0.1) is 0 Å². The Morgan fingerprint density at radius 1 is 1.56 bits per heavy atom. The second-order valence-electron chi connectivity index (χ2n) is 4.81. The van der Waals surface area contributed by atoms with Crippen molar-refractivity contribution in [2.75, 3.05) is 13.7 Å². The molecule has 1 aliphatic rings. The van der Waals surface area contributed by atoms with Gasteiger partial charge in [0, 0.05) is 6.07 Å². The van der Waals surface area contributed by atoms with Crippen LogP contribution in [0.25, 0.3) is 0 Å². The molecule has 2 rings (SSSR count). The Morgan fingerprint density at radius 2 is 2.28 bits per heavy atom. The molecule has 1 aromatic rings. The van der Waals surface area contributed by atoms with Gasteiger partial charge in [0.2, 0.25) is 0 Å². The average Bonchev–Trinajstić information content (AvgIpc) is 3.20. The quantitative estimate of drug-likeness (QED) is 0.870. The van der Waals surface area contributed by atoms with Crippen LogP contribution in [0.2, 0.25) is 0 Å². The highest BCUT2D eigenvalue weighted by atomic mass is 19.1. The number of likely N-dealkylation sites (N-methyl/N-ethyl adjacent to an activating group) is 1. The zero-order valence-corrected chi connectivity index (χ0v) is 10.7. The summed E-state index contributed by atoms with van der Waals surface area (Å²) in [7, 11) is 1.76. The number of nitrogens with one attached hydrogen (secondary N) is 1. The number of nitriles is 1. The normalized spacial score (nSPS) is 17.9. The van der Waals surface area contributed by atoms with Gasteiger partial charge >= 0.3 is 0 Å². The summed E-state index contributed by atoms with van der Waals surface area (Å²) in [6, 6.07) is 7.06. The molecule has 18 heavy (non-hydrogen) atoms. The van der Waals surface area contributed by atoms with E-state index in [0.717, 1.165) is 12.8 Å². The molecule has 1 aromatic carbocycles. The minimum atomic E-state index is -0.651. The molecule has 4 heteroatoms. The van der Waals surface area contributed by atoms with Gasteiger partial charge in [-0.25, -0.2) is 4.39 Å². The van der Waals surface area contributed by atoms with Crippen LogP contribution in [-0.2, 0) is 0 Å². The average molecular weight is 248 g/mol. The summed E-state index contributed by atoms with van der Waals surface area (Å²) in [5.74, 6) is 0.516. The third kappa shape index (κ3) is 2.46. The summed E-state index contributed by atoms with van der Waals surface area (Å²) in [5, 5.41) is 12.3. The molecule has 3 nitrogen and oxygen atoms in total. The largest absolute Gasteiger partial charge is 0.490 e. The molecule has 1 N–H and O–H groups in total. The van der Waals surface area contributed by atoms with Gasteiger partial charge < -0.3 is 4.74 Å². The number of nitrogens with zero attached hydrogens (tertiary/aromatic N) is 1. The second-order valence-corrected chi connectivity index (χ2v) is 4.81. The SMILES string of the molecule is CNC(C#N)(COc1ccc(C)c(F)c1)C1CC1. The van der Waals surface area contributed by atoms with Gasteiger partial charge in [0.15, 0.2) is 0 Å². The molecule has 1 saturated carbocycles. The lowest BCUT2D eigenvalue weighted by atomic mass is 9.96. The molecule has 1 aliphatic carbocycles. The summed E-state index contributed by atoms with van der Waals surface area (Å²) < 4.78 is 18.9. The molecular weight excluding hydrogens is 231 g/mol. The second kappa shape index (κ2) is 4.95. The van der Waals surface area contributed by atoms with Crippen molar-refractivity contribution >= 4 is 0 Å². The van der Waals surface area contributed by atoms with Crippen molar-refractivity contribution in [3.8, 4) is 11.8 Å². The maximum absolute atomic E-state index is 13.4. The lowest BCUT2D eigenvalue weighted by molar-refractivity contribution is 0.210. The smallest absolute Gasteiger partial charge is 0.143 e. The van der Waals surface area contributed by atoms with Gasteiger partial charge in [-0.3, -0.25) is 5.32 Å². The Bertz CT molecular complexity index is 479. The van der Waals surface area contributed by atoms with Gasteiger partial charge in [0.05, 0.1) is 6.07 Å². The number of hydrogen-bond acceptors (Lipinski definition) is 3. The van der Waals surface area contributed by atoms with E-state index in [2.05, 4.69) is 11.4 Å². The van der Waals surface area contributed by atoms with Crippen LogP contribution in [0, 0.1) is 30.0 Å². The number of aryl methyl sites for hydroxylation is 1. The maximum Gasteiger partial charge on any atom is 0.143 e. The maximum atomic E-state index is 13.4. The summed E-state index contributed by atoms with van der Waals surface area (Å²) >= 11 is 0. The number of rotatable bonds is 5. The van der Waals surface area contributed by atoms with Gasteiger partial charge in [0.1, 0.15) is 23.7 Å². The first-order chi connectivity index (χ1) is 8.61. The summed E-state index contributed by atoms with van der Waals surface area (Å²) in [6.07, 6.45) is 2.08. The predicted octanol–water partition coefficient (Wildman–Crippen LogP) is 2.40. The van der Waals surface area contributed by atoms with E-state index >= 15 is 0 Å². The van der Waals surface area contributed by atoms with Crippen molar-refractivity contribution < 1.29 is 9.13 Å². The van der Waals surface area contributed by atoms with E-state index in [1.165, 1.54) is 6.07 Å². The summed E-state index contributed by atoms with van der Waals surface area (Å²) in [5.41, 5.74) is -0.0637. The Hall–Kier alpha value is -1.60. The highest BCUT2D eigenvalue weighted by molar-refractivity contribution is 5.28. The molecule has 96 valence electrons. The number of hydrogen-bond donors (Lipinski definition) is 1. The minimum Gasteiger partial charge on any atom is -0.490 e. The third-order valence-electron chi connectivity index (χ3n) is 3.53. The van der Waals surface area contributed by atoms with E-state index in [1.807, 2.05) is 0 Å². The first kappa shape index (κ1) is 12.8. The molecule has 0 saturated heterocycles. The minimum absolute atomic E-state index is 0.243. The Balaban J connectivity index is 2.05. The fourth-order valence-corrected chi connectivity index (χ4v) is 2.01. The van der Waals surface area contributed by atoms with E-state index < -0.39 is 5.54 Å². The monoisotopic (exact) mass is 248 g/mol. The van der Waals surface area contributed by atoms with Crippen LogP contribution in [-0.4, -0.2) is 19.2 Å². The lowest BCUT2D eigenvalue weighted by Gasteiger charge is -2.26. The lowest BCUT2D eigenvalue weighted by Crippen LogP contribution is -2.49. The Morgan fingerprint density at radius 3 is 2.78 bits per heavy atom. The van der Waals surface area contributed by atoms with E-state index in [-0.39, 0.29) is 12.4 Å². The van der Waals surface area contributed by atoms with Crippen LogP contribution < -0.4 is 10.1 Å². The van der Waals surface area contributed by atoms with Gasteiger partial charge in [0.25, 0.3) is 0 Å². The molecule has 0 bridgehead atoms. The molecule has 0 amide bonds. The molecule has 0 heterocycles. The molecule has 1 atom stereocenters. The highest BCUT2D eigenvalue weighted by Crippen LogP contribution is 2.39. The van der Waals surface area contributed by atoms with Crippen LogP contribution in [0.15, 0.2) is 18.2 Å². The van der Waals surface area contributed by atoms with Crippen LogP contribution in [0.3, 0.4) is 0 Å². The highest BCUT2D eigenvalue weighted by Gasteiger charge is 2.45. The van der Waals surface area contributed by atoms with Crippen molar-refractivity contribution in [3.63, 3.8) is 0 Å². The zero-order valence-electron chi connectivity index (χ0n) is 10.7. The van der Waals surface area contributed by atoms with Crippen molar-refractivity contribution in [1.82, 2.24) is 5.32 Å². The van der Waals surface area contributed by atoms with Crippen molar-refractivity contribution in [3.05, 3.63) is 29.6 Å². The molecule has 0 spiro atoms. The van der Waals surface area contributed by atoms with Crippen molar-refractivity contribution in [1.29, 1.82) is 5.26 Å². The first-order valence-corrected chi connectivity index (χ1v) is 6.10. The topological polar surface area (TPSA) is 45.0 Å². The number of ether oxygens (including phenoxy) is 1. The summed E-state index contributed by atoms with van der Waals surface area (Å²) in [4.78, 5) is 0. The molecule has 1 fully saturated rings.